The van der Waals surface area contributed by atoms with E-state index in [0.717, 1.165) is 47.2 Å². The second-order valence-electron chi connectivity index (χ2n) is 7.15. The van der Waals surface area contributed by atoms with Crippen molar-refractivity contribution in [1.82, 2.24) is 4.98 Å². The smallest absolute Gasteiger partial charge is 0.231 e. The zero-order chi connectivity index (χ0) is 19.3. The minimum Gasteiger partial charge on any atom is -0.348 e. The molecule has 0 aliphatic carbocycles. The van der Waals surface area contributed by atoms with Crippen LogP contribution in [0.4, 0.5) is 10.8 Å². The molecule has 1 amide bonds. The molecule has 0 bridgehead atoms. The number of carbonyl (C=O) groups excluding carboxylic acids is 1. The molecule has 1 aromatic heterocycles. The van der Waals surface area contributed by atoms with Gasteiger partial charge < -0.3 is 10.2 Å². The van der Waals surface area contributed by atoms with E-state index in [1.165, 1.54) is 12.8 Å². The molecule has 3 aromatic rings. The monoisotopic (exact) mass is 391 g/mol. The number of carbonyl (C=O) groups is 1. The third kappa shape index (κ3) is 4.09. The molecule has 2 heterocycles. The Kier molecular flexibility index (Phi) is 5.72. The number of nitrogens with zero attached hydrogens (tertiary/aromatic N) is 2. The van der Waals surface area contributed by atoms with Gasteiger partial charge in [-0.2, -0.15) is 0 Å². The maximum atomic E-state index is 12.8. The first kappa shape index (κ1) is 18.7. The van der Waals surface area contributed by atoms with Crippen molar-refractivity contribution in [2.24, 2.45) is 0 Å². The van der Waals surface area contributed by atoms with Crippen molar-refractivity contribution >= 4 is 28.1 Å². The van der Waals surface area contributed by atoms with E-state index in [4.69, 9.17) is 4.98 Å². The third-order valence-electron chi connectivity index (χ3n) is 5.22. The van der Waals surface area contributed by atoms with Crippen LogP contribution in [0, 0.1) is 0 Å². The number of rotatable bonds is 6. The van der Waals surface area contributed by atoms with Crippen LogP contribution < -0.4 is 10.2 Å². The van der Waals surface area contributed by atoms with Gasteiger partial charge in [-0.25, -0.2) is 4.98 Å². The molecule has 28 heavy (non-hydrogen) atoms. The van der Waals surface area contributed by atoms with Crippen LogP contribution in [-0.2, 0) is 4.79 Å². The summed E-state index contributed by atoms with van der Waals surface area (Å²) >= 11 is 1.69. The molecule has 0 saturated carbocycles. The molecule has 1 atom stereocenters. The van der Waals surface area contributed by atoms with E-state index >= 15 is 0 Å². The van der Waals surface area contributed by atoms with Crippen LogP contribution in [0.5, 0.6) is 0 Å². The molecule has 0 unspecified atom stereocenters. The van der Waals surface area contributed by atoms with Crippen LogP contribution in [0.15, 0.2) is 60.0 Å². The molecule has 1 fully saturated rings. The van der Waals surface area contributed by atoms with Gasteiger partial charge in [0.25, 0.3) is 0 Å². The van der Waals surface area contributed by atoms with E-state index in [2.05, 4.69) is 15.6 Å². The molecule has 1 N–H and O–H groups in total. The summed E-state index contributed by atoms with van der Waals surface area (Å²) in [5.41, 5.74) is 3.87. The van der Waals surface area contributed by atoms with Gasteiger partial charge in [-0.3, -0.25) is 4.79 Å². The summed E-state index contributed by atoms with van der Waals surface area (Å²) in [7, 11) is 0. The van der Waals surface area contributed by atoms with E-state index in [9.17, 15) is 4.79 Å². The molecule has 0 radical (unpaired) electrons. The number of hydrogen-bond acceptors (Lipinski definition) is 4. The van der Waals surface area contributed by atoms with Gasteiger partial charge >= 0.3 is 0 Å². The molecule has 4 nitrogen and oxygen atoms in total. The Morgan fingerprint density at radius 2 is 1.93 bits per heavy atom. The highest BCUT2D eigenvalue weighted by Crippen LogP contribution is 2.31. The lowest BCUT2D eigenvalue weighted by Crippen LogP contribution is -2.20. The molecule has 1 aliphatic heterocycles. The maximum absolute atomic E-state index is 12.8. The lowest BCUT2D eigenvalue weighted by Gasteiger charge is -2.16. The molecule has 0 spiro atoms. The van der Waals surface area contributed by atoms with Crippen molar-refractivity contribution in [2.45, 2.75) is 32.1 Å². The van der Waals surface area contributed by atoms with Gasteiger partial charge in [-0.05, 0) is 37.0 Å². The summed E-state index contributed by atoms with van der Waals surface area (Å²) in [5, 5.41) is 6.29. The largest absolute Gasteiger partial charge is 0.348 e. The number of aromatic nitrogens is 1. The Labute approximate surface area is 170 Å². The first-order valence-electron chi connectivity index (χ1n) is 9.91. The fourth-order valence-corrected chi connectivity index (χ4v) is 4.58. The van der Waals surface area contributed by atoms with Crippen LogP contribution in [0.3, 0.4) is 0 Å². The van der Waals surface area contributed by atoms with Crippen LogP contribution in [0.1, 0.15) is 37.7 Å². The lowest BCUT2D eigenvalue weighted by atomic mass is 9.95. The number of amides is 1. The van der Waals surface area contributed by atoms with Crippen molar-refractivity contribution in [3.63, 3.8) is 0 Å². The van der Waals surface area contributed by atoms with Crippen LogP contribution >= 0.6 is 11.3 Å². The van der Waals surface area contributed by atoms with Crippen LogP contribution in [0.2, 0.25) is 0 Å². The second kappa shape index (κ2) is 8.57. The van der Waals surface area contributed by atoms with Gasteiger partial charge in [-0.1, -0.05) is 49.4 Å². The second-order valence-corrected chi connectivity index (χ2v) is 7.99. The topological polar surface area (TPSA) is 45.2 Å². The average Bonchev–Trinajstić information content (AvgIpc) is 3.41. The van der Waals surface area contributed by atoms with Crippen LogP contribution in [-0.4, -0.2) is 24.0 Å². The highest BCUT2D eigenvalue weighted by Gasteiger charge is 2.19. The van der Waals surface area contributed by atoms with E-state index in [-0.39, 0.29) is 11.8 Å². The van der Waals surface area contributed by atoms with Crippen LogP contribution in [0.25, 0.3) is 11.3 Å². The summed E-state index contributed by atoms with van der Waals surface area (Å²) in [4.78, 5) is 20.0. The highest BCUT2D eigenvalue weighted by molar-refractivity contribution is 7.14. The van der Waals surface area contributed by atoms with Gasteiger partial charge in [0, 0.05) is 29.7 Å². The zero-order valence-corrected chi connectivity index (χ0v) is 16.9. The molecule has 144 valence electrons. The first-order valence-corrected chi connectivity index (χ1v) is 10.8. The first-order chi connectivity index (χ1) is 13.7. The minimum absolute atomic E-state index is 0.0295. The summed E-state index contributed by atoms with van der Waals surface area (Å²) in [6.45, 7) is 4.24. The van der Waals surface area contributed by atoms with Crippen molar-refractivity contribution in [2.75, 3.05) is 23.3 Å². The summed E-state index contributed by atoms with van der Waals surface area (Å²) < 4.78 is 0. The SMILES string of the molecule is CC[C@H](C(=O)Nc1cccc(-c2csc(N3CCCC3)n2)c1)c1ccccc1. The third-order valence-corrected chi connectivity index (χ3v) is 6.12. The quantitative estimate of drug-likeness (QED) is 0.600. The van der Waals surface area contributed by atoms with E-state index in [0.29, 0.717) is 0 Å². The molecule has 2 aromatic carbocycles. The fourth-order valence-electron chi connectivity index (χ4n) is 3.69. The summed E-state index contributed by atoms with van der Waals surface area (Å²) in [6, 6.07) is 17.9. The van der Waals surface area contributed by atoms with E-state index < -0.39 is 0 Å². The molecule has 5 heteroatoms. The Bertz CT molecular complexity index is 932. The van der Waals surface area contributed by atoms with E-state index in [1.54, 1.807) is 11.3 Å². The summed E-state index contributed by atoms with van der Waals surface area (Å²) in [5.74, 6) is -0.118. The molecular formula is C23H25N3OS. The molecule has 1 saturated heterocycles. The predicted molar refractivity (Wildman–Crippen MR) is 117 cm³/mol. The van der Waals surface area contributed by atoms with Crippen molar-refractivity contribution in [3.8, 4) is 11.3 Å². The standard InChI is InChI=1S/C23H25N3OS/c1-2-20(17-9-4-3-5-10-17)22(27)24-19-12-8-11-18(15-19)21-16-28-23(25-21)26-13-6-7-14-26/h3-5,8-12,15-16,20H,2,6-7,13-14H2,1H3,(H,24,27)/t20-/m0/s1. The average molecular weight is 392 g/mol. The number of benzene rings is 2. The summed E-state index contributed by atoms with van der Waals surface area (Å²) in [6.07, 6.45) is 3.26. The van der Waals surface area contributed by atoms with E-state index in [1.807, 2.05) is 61.5 Å². The number of nitrogens with one attached hydrogen (secondary N) is 1. The Morgan fingerprint density at radius 1 is 1.14 bits per heavy atom. The predicted octanol–water partition coefficient (Wildman–Crippen LogP) is 5.54. The number of thiazole rings is 1. The molecule has 1 aliphatic rings. The highest BCUT2D eigenvalue weighted by atomic mass is 32.1. The minimum atomic E-state index is -0.147. The zero-order valence-electron chi connectivity index (χ0n) is 16.1. The van der Waals surface area contributed by atoms with Gasteiger partial charge in [0.15, 0.2) is 5.13 Å². The number of hydrogen-bond donors (Lipinski definition) is 1. The van der Waals surface area contributed by atoms with Crippen molar-refractivity contribution in [1.29, 1.82) is 0 Å². The normalized spacial score (nSPS) is 14.8. The number of anilines is 2. The van der Waals surface area contributed by atoms with Gasteiger partial charge in [0.2, 0.25) is 5.91 Å². The lowest BCUT2D eigenvalue weighted by molar-refractivity contribution is -0.117. The van der Waals surface area contributed by atoms with Gasteiger partial charge in [-0.15, -0.1) is 11.3 Å². The molecule has 4 rings (SSSR count). The van der Waals surface area contributed by atoms with Gasteiger partial charge in [0.05, 0.1) is 11.6 Å². The Hall–Kier alpha value is -2.66. The van der Waals surface area contributed by atoms with Gasteiger partial charge in [0.1, 0.15) is 0 Å². The Balaban J connectivity index is 1.50. The Morgan fingerprint density at radius 3 is 2.68 bits per heavy atom. The van der Waals surface area contributed by atoms with Crippen molar-refractivity contribution < 1.29 is 4.79 Å². The van der Waals surface area contributed by atoms with Crippen molar-refractivity contribution in [3.05, 3.63) is 65.5 Å². The maximum Gasteiger partial charge on any atom is 0.231 e. The fraction of sp³-hybridized carbons (Fsp3) is 0.304. The molecular weight excluding hydrogens is 366 g/mol.